The molecule has 0 aliphatic rings. The lowest BCUT2D eigenvalue weighted by Crippen LogP contribution is -1.94. The lowest BCUT2D eigenvalue weighted by molar-refractivity contribution is 0.415. The predicted molar refractivity (Wildman–Crippen MR) is 76.5 cm³/mol. The van der Waals surface area contributed by atoms with E-state index in [0.717, 1.165) is 11.3 Å². The lowest BCUT2D eigenvalue weighted by Gasteiger charge is -2.06. The van der Waals surface area contributed by atoms with Gasteiger partial charge in [0.05, 0.1) is 18.0 Å². The second-order valence-corrected chi connectivity index (χ2v) is 4.56. The van der Waals surface area contributed by atoms with Crippen LogP contribution in [0.4, 0.5) is 4.39 Å². The first-order valence-corrected chi connectivity index (χ1v) is 6.33. The maximum absolute atomic E-state index is 13.7. The van der Waals surface area contributed by atoms with Crippen LogP contribution in [-0.2, 0) is 0 Å². The van der Waals surface area contributed by atoms with E-state index >= 15 is 0 Å². The smallest absolute Gasteiger partial charge is 0.161 e. The third-order valence-corrected chi connectivity index (χ3v) is 3.25. The zero-order valence-corrected chi connectivity index (χ0v) is 11.4. The molecule has 0 atom stereocenters. The van der Waals surface area contributed by atoms with Crippen LogP contribution in [-0.4, -0.2) is 17.1 Å². The highest BCUT2D eigenvalue weighted by Crippen LogP contribution is 2.27. The molecular formula is C15H10ClFN2O. The van der Waals surface area contributed by atoms with Crippen molar-refractivity contribution >= 4 is 22.5 Å². The Morgan fingerprint density at radius 2 is 1.80 bits per heavy atom. The van der Waals surface area contributed by atoms with Crippen molar-refractivity contribution in [2.24, 2.45) is 0 Å². The Bertz CT molecular complexity index is 775. The third kappa shape index (κ3) is 2.18. The van der Waals surface area contributed by atoms with Gasteiger partial charge in [0.25, 0.3) is 0 Å². The Morgan fingerprint density at radius 3 is 2.50 bits per heavy atom. The van der Waals surface area contributed by atoms with E-state index in [0.29, 0.717) is 11.3 Å². The molecule has 0 radical (unpaired) electrons. The SMILES string of the molecule is COc1ccc(-c2nc(Cl)c3c(F)cccc3n2)cc1. The monoisotopic (exact) mass is 288 g/mol. The van der Waals surface area contributed by atoms with Gasteiger partial charge in [-0.3, -0.25) is 0 Å². The van der Waals surface area contributed by atoms with Crippen LogP contribution < -0.4 is 4.74 Å². The van der Waals surface area contributed by atoms with E-state index in [1.807, 2.05) is 24.3 Å². The van der Waals surface area contributed by atoms with Crippen LogP contribution in [0, 0.1) is 5.82 Å². The molecule has 1 aromatic heterocycles. The Hall–Kier alpha value is -2.20. The molecule has 0 amide bonds. The zero-order chi connectivity index (χ0) is 14.1. The van der Waals surface area contributed by atoms with E-state index in [2.05, 4.69) is 9.97 Å². The highest BCUT2D eigenvalue weighted by atomic mass is 35.5. The molecule has 3 aromatic rings. The van der Waals surface area contributed by atoms with E-state index in [1.54, 1.807) is 19.2 Å². The zero-order valence-electron chi connectivity index (χ0n) is 10.6. The number of benzene rings is 2. The first-order valence-electron chi connectivity index (χ1n) is 5.95. The fourth-order valence-electron chi connectivity index (χ4n) is 1.97. The second-order valence-electron chi connectivity index (χ2n) is 4.20. The van der Waals surface area contributed by atoms with E-state index in [9.17, 15) is 4.39 Å². The minimum Gasteiger partial charge on any atom is -0.497 e. The van der Waals surface area contributed by atoms with E-state index < -0.39 is 5.82 Å². The molecule has 0 bridgehead atoms. The molecule has 0 aliphatic heterocycles. The Balaban J connectivity index is 2.17. The first kappa shape index (κ1) is 12.8. The standard InChI is InChI=1S/C15H10ClFN2O/c1-20-10-7-5-9(6-8-10)15-18-12-4-2-3-11(17)13(12)14(16)19-15/h2-8H,1H3. The van der Waals surface area contributed by atoms with Gasteiger partial charge in [-0.1, -0.05) is 17.7 Å². The second kappa shape index (κ2) is 5.06. The van der Waals surface area contributed by atoms with Gasteiger partial charge in [-0.15, -0.1) is 0 Å². The van der Waals surface area contributed by atoms with Crippen molar-refractivity contribution in [3.63, 3.8) is 0 Å². The van der Waals surface area contributed by atoms with Crippen molar-refractivity contribution in [3.8, 4) is 17.1 Å². The summed E-state index contributed by atoms with van der Waals surface area (Å²) >= 11 is 6.06. The van der Waals surface area contributed by atoms with Crippen LogP contribution in [0.2, 0.25) is 5.15 Å². The van der Waals surface area contributed by atoms with Gasteiger partial charge in [0.2, 0.25) is 0 Å². The number of nitrogens with zero attached hydrogens (tertiary/aromatic N) is 2. The summed E-state index contributed by atoms with van der Waals surface area (Å²) in [5.74, 6) is 0.774. The number of halogens is 2. The maximum atomic E-state index is 13.7. The molecule has 0 spiro atoms. The molecule has 3 rings (SSSR count). The van der Waals surface area contributed by atoms with Gasteiger partial charge in [-0.2, -0.15) is 0 Å². The normalized spacial score (nSPS) is 10.8. The lowest BCUT2D eigenvalue weighted by atomic mass is 10.2. The first-order chi connectivity index (χ1) is 9.69. The van der Waals surface area contributed by atoms with Crippen LogP contribution in [0.1, 0.15) is 0 Å². The van der Waals surface area contributed by atoms with E-state index in [1.165, 1.54) is 6.07 Å². The van der Waals surface area contributed by atoms with Crippen molar-refractivity contribution in [3.05, 3.63) is 53.4 Å². The fourth-order valence-corrected chi connectivity index (χ4v) is 2.23. The number of ether oxygens (including phenoxy) is 1. The Morgan fingerprint density at radius 1 is 1.05 bits per heavy atom. The molecule has 0 unspecified atom stereocenters. The van der Waals surface area contributed by atoms with Gasteiger partial charge in [0, 0.05) is 5.56 Å². The summed E-state index contributed by atoms with van der Waals surface area (Å²) in [5.41, 5.74) is 1.27. The van der Waals surface area contributed by atoms with Crippen molar-refractivity contribution in [1.82, 2.24) is 9.97 Å². The van der Waals surface area contributed by atoms with Crippen LogP contribution in [0.15, 0.2) is 42.5 Å². The van der Waals surface area contributed by atoms with Crippen molar-refractivity contribution < 1.29 is 9.13 Å². The van der Waals surface area contributed by atoms with Crippen molar-refractivity contribution in [2.45, 2.75) is 0 Å². The molecule has 100 valence electrons. The number of methoxy groups -OCH3 is 1. The molecule has 2 aromatic carbocycles. The molecule has 1 heterocycles. The van der Waals surface area contributed by atoms with Gasteiger partial charge in [-0.25, -0.2) is 14.4 Å². The largest absolute Gasteiger partial charge is 0.497 e. The summed E-state index contributed by atoms with van der Waals surface area (Å²) < 4.78 is 18.8. The van der Waals surface area contributed by atoms with Gasteiger partial charge in [0.1, 0.15) is 16.7 Å². The van der Waals surface area contributed by atoms with Crippen LogP contribution in [0.25, 0.3) is 22.3 Å². The summed E-state index contributed by atoms with van der Waals surface area (Å²) in [7, 11) is 1.60. The molecular weight excluding hydrogens is 279 g/mol. The van der Waals surface area contributed by atoms with Gasteiger partial charge in [-0.05, 0) is 36.4 Å². The van der Waals surface area contributed by atoms with Gasteiger partial charge in [0.15, 0.2) is 5.82 Å². The molecule has 0 N–H and O–H groups in total. The average molecular weight is 289 g/mol. The van der Waals surface area contributed by atoms with E-state index in [-0.39, 0.29) is 10.5 Å². The molecule has 0 fully saturated rings. The Kier molecular flexibility index (Phi) is 3.24. The van der Waals surface area contributed by atoms with Crippen LogP contribution in [0.3, 0.4) is 0 Å². The number of hydrogen-bond acceptors (Lipinski definition) is 3. The predicted octanol–water partition coefficient (Wildman–Crippen LogP) is 4.10. The minimum absolute atomic E-state index is 0.110. The molecule has 3 nitrogen and oxygen atoms in total. The fraction of sp³-hybridized carbons (Fsp3) is 0.0667. The van der Waals surface area contributed by atoms with Gasteiger partial charge < -0.3 is 4.74 Å². The maximum Gasteiger partial charge on any atom is 0.161 e. The van der Waals surface area contributed by atoms with Crippen molar-refractivity contribution in [2.75, 3.05) is 7.11 Å². The highest BCUT2D eigenvalue weighted by Gasteiger charge is 2.11. The molecule has 0 saturated heterocycles. The number of aromatic nitrogens is 2. The molecule has 0 saturated carbocycles. The topological polar surface area (TPSA) is 35.0 Å². The minimum atomic E-state index is -0.422. The number of fused-ring (bicyclic) bond motifs is 1. The third-order valence-electron chi connectivity index (χ3n) is 2.98. The summed E-state index contributed by atoms with van der Waals surface area (Å²) in [5, 5.41) is 0.352. The Labute approximate surface area is 120 Å². The summed E-state index contributed by atoms with van der Waals surface area (Å²) in [6.45, 7) is 0. The quantitative estimate of drug-likeness (QED) is 0.666. The highest BCUT2D eigenvalue weighted by molar-refractivity contribution is 6.34. The average Bonchev–Trinajstić information content (AvgIpc) is 2.47. The molecule has 0 aliphatic carbocycles. The van der Waals surface area contributed by atoms with Crippen LogP contribution >= 0.6 is 11.6 Å². The van der Waals surface area contributed by atoms with Crippen LogP contribution in [0.5, 0.6) is 5.75 Å². The molecule has 20 heavy (non-hydrogen) atoms. The van der Waals surface area contributed by atoms with Crippen molar-refractivity contribution in [1.29, 1.82) is 0 Å². The molecule has 5 heteroatoms. The van der Waals surface area contributed by atoms with Gasteiger partial charge >= 0.3 is 0 Å². The summed E-state index contributed by atoms with van der Waals surface area (Å²) in [4.78, 5) is 8.51. The number of rotatable bonds is 2. The van der Waals surface area contributed by atoms with E-state index in [4.69, 9.17) is 16.3 Å². The summed E-state index contributed by atoms with van der Waals surface area (Å²) in [6, 6.07) is 11.9. The summed E-state index contributed by atoms with van der Waals surface area (Å²) in [6.07, 6.45) is 0. The number of hydrogen-bond donors (Lipinski definition) is 0.